The van der Waals surface area contributed by atoms with Crippen molar-refractivity contribution in [2.45, 2.75) is 80.1 Å². The molecule has 0 saturated heterocycles. The van der Waals surface area contributed by atoms with Crippen LogP contribution in [0, 0.1) is 17.4 Å². The maximum atomic E-state index is 3.26. The molecule has 1 unspecified atom stereocenters. The van der Waals surface area contributed by atoms with E-state index in [-0.39, 0.29) is 35.6 Å². The zero-order valence-electron chi connectivity index (χ0n) is 25.2. The fraction of sp³-hybridized carbons (Fsp3) is 0.389. The summed E-state index contributed by atoms with van der Waals surface area (Å²) in [5.41, 5.74) is 7.69. The molecule has 3 aromatic carbocycles. The van der Waals surface area contributed by atoms with E-state index in [1.807, 2.05) is 0 Å². The Kier molecular flexibility index (Phi) is 10.6. The van der Waals surface area contributed by atoms with Crippen molar-refractivity contribution in [3.8, 4) is 0 Å². The smallest absolute Gasteiger partial charge is 1.00 e. The van der Waals surface area contributed by atoms with Gasteiger partial charge in [-0.15, -0.1) is 39.7 Å². The fourth-order valence-electron chi connectivity index (χ4n) is 5.36. The molecule has 1 atom stereocenters. The molecule has 0 N–H and O–H groups in total. The van der Waals surface area contributed by atoms with E-state index in [2.05, 4.69) is 142 Å². The summed E-state index contributed by atoms with van der Waals surface area (Å²) >= 11 is 1.55. The first-order chi connectivity index (χ1) is 17.1. The van der Waals surface area contributed by atoms with Crippen LogP contribution in [0.1, 0.15) is 91.5 Å². The normalized spacial score (nSPS) is 18.8. The predicted octanol–water partition coefficient (Wildman–Crippen LogP) is 4.04. The third-order valence-corrected chi connectivity index (χ3v) is 7.59. The van der Waals surface area contributed by atoms with Crippen LogP contribution in [0.5, 0.6) is 0 Å². The number of rotatable bonds is 0. The van der Waals surface area contributed by atoms with E-state index in [4.69, 9.17) is 0 Å². The van der Waals surface area contributed by atoms with Crippen LogP contribution in [0.25, 0.3) is 33.7 Å². The molecule has 0 radical (unpaired) electrons. The zero-order valence-corrected chi connectivity index (χ0v) is 29.2. The Hall–Kier alpha value is -1.40. The molecule has 3 aromatic rings. The Bertz CT molecular complexity index is 1410. The van der Waals surface area contributed by atoms with Crippen LogP contribution in [0.2, 0.25) is 0 Å². The molecule has 0 aromatic heterocycles. The molecule has 0 saturated carbocycles. The minimum absolute atomic E-state index is 0. The predicted molar refractivity (Wildman–Crippen MR) is 162 cm³/mol. The Morgan fingerprint density at radius 2 is 1.23 bits per heavy atom. The second kappa shape index (κ2) is 12.2. The average Bonchev–Trinajstić information content (AvgIpc) is 3.51. The number of benzene rings is 2. The van der Waals surface area contributed by atoms with Gasteiger partial charge in [0.05, 0.1) is 0 Å². The number of halogens is 2. The third-order valence-electron chi connectivity index (χ3n) is 7.59. The molecule has 0 amide bonds. The van der Waals surface area contributed by atoms with Gasteiger partial charge in [0.2, 0.25) is 0 Å². The van der Waals surface area contributed by atoms with Crippen molar-refractivity contribution in [1.29, 1.82) is 0 Å². The van der Waals surface area contributed by atoms with E-state index in [0.29, 0.717) is 11.3 Å². The molecule has 3 aliphatic carbocycles. The van der Waals surface area contributed by atoms with E-state index in [0.717, 1.165) is 0 Å². The van der Waals surface area contributed by atoms with Gasteiger partial charge in [-0.05, 0) is 11.1 Å². The molecule has 206 valence electrons. The third kappa shape index (κ3) is 7.28. The minimum atomic E-state index is 0. The Morgan fingerprint density at radius 1 is 0.821 bits per heavy atom. The summed E-state index contributed by atoms with van der Waals surface area (Å²) in [5, 5.41) is 5.53. The summed E-state index contributed by atoms with van der Waals surface area (Å²) < 4.78 is 1.51. The molecule has 0 bridgehead atoms. The summed E-state index contributed by atoms with van der Waals surface area (Å²) in [4.78, 5) is 0. The van der Waals surface area contributed by atoms with Gasteiger partial charge < -0.3 is 24.8 Å². The number of fused-ring (bicyclic) bond motifs is 5. The van der Waals surface area contributed by atoms with E-state index in [1.54, 1.807) is 24.2 Å². The number of hydrogen-bond donors (Lipinski definition) is 0. The van der Waals surface area contributed by atoms with Gasteiger partial charge in [0, 0.05) is 10.8 Å². The molecular weight excluding hydrogens is 595 g/mol. The summed E-state index contributed by atoms with van der Waals surface area (Å²) in [5.74, 6) is 0.522. The molecule has 6 rings (SSSR count). The second-order valence-electron chi connectivity index (χ2n) is 13.3. The Labute approximate surface area is 264 Å². The van der Waals surface area contributed by atoms with E-state index in [9.17, 15) is 0 Å². The first-order valence-corrected chi connectivity index (χ1v) is 14.8. The van der Waals surface area contributed by atoms with Crippen LogP contribution >= 0.6 is 0 Å². The zero-order chi connectivity index (χ0) is 27.3. The topological polar surface area (TPSA) is 0 Å². The monoisotopic (exact) mass is 634 g/mol. The van der Waals surface area contributed by atoms with Crippen molar-refractivity contribution < 1.29 is 49.0 Å². The first-order valence-electron chi connectivity index (χ1n) is 13.5. The maximum absolute atomic E-state index is 3.26. The van der Waals surface area contributed by atoms with Crippen molar-refractivity contribution in [2.24, 2.45) is 11.3 Å². The van der Waals surface area contributed by atoms with Crippen molar-refractivity contribution in [1.82, 2.24) is 0 Å². The molecule has 3 heteroatoms. The van der Waals surface area contributed by atoms with E-state index < -0.39 is 0 Å². The largest absolute Gasteiger partial charge is 1.00 e. The molecule has 0 spiro atoms. The standard InChI is InChI=1S/C23H21.C10H15.C3H6.2ClH.Zr/c1-22(2)7-5-14-10-18-16(12-20(14)22)9-17-13-21-15(11-19(17)18)6-8-23(21,3)4;1-8-5-6-9(7-8)10(2,3)4;1-3-2;;;/h5-13H,1-4H3;6-8H,1-4H3;1-2H3;2*1H;/q2*-1;;;;+2/p-2. The van der Waals surface area contributed by atoms with Crippen LogP contribution in [-0.2, 0) is 35.1 Å². The van der Waals surface area contributed by atoms with E-state index in [1.165, 1.54) is 52.6 Å². The van der Waals surface area contributed by atoms with Gasteiger partial charge >= 0.3 is 41.3 Å². The fourth-order valence-corrected chi connectivity index (χ4v) is 5.36. The summed E-state index contributed by atoms with van der Waals surface area (Å²) in [7, 11) is 0. The first kappa shape index (κ1) is 33.8. The summed E-state index contributed by atoms with van der Waals surface area (Å²) in [6, 6.07) is 11.9. The van der Waals surface area contributed by atoms with Gasteiger partial charge in [0.15, 0.2) is 0 Å². The van der Waals surface area contributed by atoms with Crippen molar-refractivity contribution >= 4 is 36.9 Å². The minimum Gasteiger partial charge on any atom is -1.00 e. The van der Waals surface area contributed by atoms with Crippen LogP contribution < -0.4 is 24.8 Å². The number of hydrogen-bond acceptors (Lipinski definition) is 0. The van der Waals surface area contributed by atoms with E-state index >= 15 is 0 Å². The molecule has 39 heavy (non-hydrogen) atoms. The number of allylic oxidation sites excluding steroid dienone is 6. The Balaban J connectivity index is 0.000000282. The van der Waals surface area contributed by atoms with Gasteiger partial charge in [-0.2, -0.15) is 11.6 Å². The average molecular weight is 637 g/mol. The summed E-state index contributed by atoms with van der Waals surface area (Å²) in [6.07, 6.45) is 16.9. The molecule has 0 heterocycles. The van der Waals surface area contributed by atoms with Crippen LogP contribution in [-0.4, -0.2) is 3.21 Å². The van der Waals surface area contributed by atoms with Crippen LogP contribution in [0.3, 0.4) is 0 Å². The van der Waals surface area contributed by atoms with Crippen molar-refractivity contribution in [2.75, 3.05) is 0 Å². The molecule has 0 nitrogen and oxygen atoms in total. The van der Waals surface area contributed by atoms with Crippen molar-refractivity contribution in [3.63, 3.8) is 0 Å². The SMILES string of the molecule is CC1(C)C=Cc2cc3c(cc21)[cH-]c1cc2c(cc13)C=CC2(C)C.CC1[C-]=CC(C(C)(C)C)=C1.C[C](C)=[Zr+2].[Cl-].[Cl-]. The van der Waals surface area contributed by atoms with Gasteiger partial charge in [-0.3, -0.25) is 6.08 Å². The van der Waals surface area contributed by atoms with Gasteiger partial charge in [-0.1, -0.05) is 114 Å². The van der Waals surface area contributed by atoms with Gasteiger partial charge in [-0.25, -0.2) is 6.08 Å². The van der Waals surface area contributed by atoms with Crippen molar-refractivity contribution in [3.05, 3.63) is 88.5 Å². The molecular formula is C36H42Cl2Zr-2. The van der Waals surface area contributed by atoms with Crippen LogP contribution in [0.4, 0.5) is 0 Å². The molecule has 0 fully saturated rings. The molecule has 3 aliphatic rings. The van der Waals surface area contributed by atoms with Gasteiger partial charge in [0.25, 0.3) is 0 Å². The Morgan fingerprint density at radius 3 is 1.54 bits per heavy atom. The molecule has 0 aliphatic heterocycles. The van der Waals surface area contributed by atoms with Gasteiger partial charge in [0.1, 0.15) is 0 Å². The van der Waals surface area contributed by atoms with Crippen LogP contribution in [0.15, 0.2) is 60.2 Å². The quantitative estimate of drug-likeness (QED) is 0.327. The summed E-state index contributed by atoms with van der Waals surface area (Å²) in [6.45, 7) is 22.3. The second-order valence-corrected chi connectivity index (χ2v) is 15.7. The maximum Gasteiger partial charge on any atom is -1.00 e.